The highest BCUT2D eigenvalue weighted by molar-refractivity contribution is 7.92. The molecule has 11 heteroatoms. The van der Waals surface area contributed by atoms with Gasteiger partial charge in [-0.15, -0.1) is 0 Å². The first-order valence-corrected chi connectivity index (χ1v) is 15.8. The Bertz CT molecular complexity index is 1540. The van der Waals surface area contributed by atoms with Crippen molar-refractivity contribution in [1.29, 1.82) is 0 Å². The molecule has 238 valence electrons. The standard InChI is InChI=1S/C33H43N3O7S/c1-9-29(33(38)34-22(2)3)35(20-25-10-12-27(41-6)13-11-25)32(37)21-36(26-17-23(4)16-24(5)18-26)44(39,40)28-14-15-30(42-7)31(19-28)43-8/h10-19,22,29H,9,20-21H2,1-8H3,(H,34,38)/t29-/m1/s1. The minimum atomic E-state index is -4.29. The van der Waals surface area contributed by atoms with Gasteiger partial charge in [0.25, 0.3) is 10.0 Å². The Balaban J connectivity index is 2.13. The van der Waals surface area contributed by atoms with Crippen LogP contribution in [0.4, 0.5) is 5.69 Å². The SMILES string of the molecule is CC[C@H](C(=O)NC(C)C)N(Cc1ccc(OC)cc1)C(=O)CN(c1cc(C)cc(C)c1)S(=O)(=O)c1ccc(OC)c(OC)c1. The van der Waals surface area contributed by atoms with Crippen molar-refractivity contribution in [3.8, 4) is 17.2 Å². The van der Waals surface area contributed by atoms with Gasteiger partial charge in [-0.25, -0.2) is 8.42 Å². The zero-order valence-corrected chi connectivity index (χ0v) is 27.5. The number of ether oxygens (including phenoxy) is 3. The van der Waals surface area contributed by atoms with Gasteiger partial charge in [0.15, 0.2) is 11.5 Å². The minimum absolute atomic E-state index is 0.0756. The summed E-state index contributed by atoms with van der Waals surface area (Å²) in [7, 11) is 0.152. The average molecular weight is 626 g/mol. The van der Waals surface area contributed by atoms with E-state index in [0.29, 0.717) is 23.6 Å². The van der Waals surface area contributed by atoms with E-state index in [2.05, 4.69) is 5.32 Å². The number of nitrogens with zero attached hydrogens (tertiary/aromatic N) is 2. The third-order valence-corrected chi connectivity index (χ3v) is 8.81. The average Bonchev–Trinajstić information content (AvgIpc) is 2.98. The second-order valence-corrected chi connectivity index (χ2v) is 12.7. The first-order chi connectivity index (χ1) is 20.8. The van der Waals surface area contributed by atoms with E-state index >= 15 is 0 Å². The Labute approximate surface area is 261 Å². The van der Waals surface area contributed by atoms with Crippen LogP contribution in [-0.2, 0) is 26.2 Å². The van der Waals surface area contributed by atoms with Gasteiger partial charge in [0.05, 0.1) is 31.9 Å². The van der Waals surface area contributed by atoms with Crippen molar-refractivity contribution >= 4 is 27.5 Å². The van der Waals surface area contributed by atoms with Crippen molar-refractivity contribution in [3.63, 3.8) is 0 Å². The summed E-state index contributed by atoms with van der Waals surface area (Å²) in [6.07, 6.45) is 0.326. The third-order valence-electron chi connectivity index (χ3n) is 7.05. The Morgan fingerprint density at radius 2 is 1.45 bits per heavy atom. The Hall–Kier alpha value is -4.25. The molecule has 2 amide bonds. The summed E-state index contributed by atoms with van der Waals surface area (Å²) in [6, 6.07) is 15.8. The van der Waals surface area contributed by atoms with Crippen LogP contribution in [-0.4, -0.2) is 65.1 Å². The van der Waals surface area contributed by atoms with Crippen molar-refractivity contribution in [2.24, 2.45) is 0 Å². The summed E-state index contributed by atoms with van der Waals surface area (Å²) in [5.41, 5.74) is 2.75. The number of carbonyl (C=O) groups is 2. The van der Waals surface area contributed by atoms with Crippen molar-refractivity contribution in [2.45, 2.75) is 64.6 Å². The second-order valence-electron chi connectivity index (χ2n) is 10.8. The number of rotatable bonds is 14. The fourth-order valence-corrected chi connectivity index (χ4v) is 6.37. The fraction of sp³-hybridized carbons (Fsp3) is 0.394. The van der Waals surface area contributed by atoms with Crippen LogP contribution in [0.5, 0.6) is 17.2 Å². The van der Waals surface area contributed by atoms with Gasteiger partial charge in [-0.3, -0.25) is 13.9 Å². The molecule has 0 saturated heterocycles. The Kier molecular flexibility index (Phi) is 11.6. The van der Waals surface area contributed by atoms with Gasteiger partial charge in [-0.05, 0) is 87.2 Å². The molecule has 1 atom stereocenters. The van der Waals surface area contributed by atoms with Crippen LogP contribution in [0, 0.1) is 13.8 Å². The molecule has 3 rings (SSSR count). The van der Waals surface area contributed by atoms with Gasteiger partial charge in [0.2, 0.25) is 11.8 Å². The number of anilines is 1. The lowest BCUT2D eigenvalue weighted by atomic mass is 10.1. The molecule has 0 aliphatic carbocycles. The molecule has 0 aliphatic rings. The summed E-state index contributed by atoms with van der Waals surface area (Å²) >= 11 is 0. The molecule has 0 aliphatic heterocycles. The molecule has 3 aromatic rings. The number of nitrogens with one attached hydrogen (secondary N) is 1. The van der Waals surface area contributed by atoms with E-state index in [1.807, 2.05) is 52.8 Å². The van der Waals surface area contributed by atoms with Crippen LogP contribution in [0.15, 0.2) is 65.6 Å². The highest BCUT2D eigenvalue weighted by Gasteiger charge is 2.34. The van der Waals surface area contributed by atoms with E-state index in [-0.39, 0.29) is 29.1 Å². The van der Waals surface area contributed by atoms with Crippen molar-refractivity contribution in [3.05, 3.63) is 77.4 Å². The molecule has 10 nitrogen and oxygen atoms in total. The molecule has 0 unspecified atom stereocenters. The smallest absolute Gasteiger partial charge is 0.264 e. The number of aryl methyl sites for hydroxylation is 2. The molecule has 44 heavy (non-hydrogen) atoms. The van der Waals surface area contributed by atoms with Crippen LogP contribution < -0.4 is 23.8 Å². The Morgan fingerprint density at radius 1 is 0.841 bits per heavy atom. The van der Waals surface area contributed by atoms with Crippen molar-refractivity contribution < 1.29 is 32.2 Å². The van der Waals surface area contributed by atoms with Crippen LogP contribution in [0.1, 0.15) is 43.9 Å². The lowest BCUT2D eigenvalue weighted by Crippen LogP contribution is -2.53. The zero-order valence-electron chi connectivity index (χ0n) is 26.7. The number of amides is 2. The summed E-state index contributed by atoms with van der Waals surface area (Å²) < 4.78 is 45.6. The highest BCUT2D eigenvalue weighted by Crippen LogP contribution is 2.33. The topological polar surface area (TPSA) is 114 Å². The quantitative estimate of drug-likeness (QED) is 0.272. The molecule has 1 N–H and O–H groups in total. The van der Waals surface area contributed by atoms with Gasteiger partial charge in [-0.1, -0.05) is 25.1 Å². The number of sulfonamides is 1. The van der Waals surface area contributed by atoms with Crippen LogP contribution in [0.3, 0.4) is 0 Å². The molecule has 0 spiro atoms. The zero-order chi connectivity index (χ0) is 32.6. The summed E-state index contributed by atoms with van der Waals surface area (Å²) in [6.45, 7) is 8.78. The largest absolute Gasteiger partial charge is 0.497 e. The van der Waals surface area contributed by atoms with E-state index < -0.39 is 28.5 Å². The first kappa shape index (κ1) is 34.2. The third kappa shape index (κ3) is 8.22. The monoisotopic (exact) mass is 625 g/mol. The molecule has 0 saturated carbocycles. The maximum atomic E-state index is 14.3. The van der Waals surface area contributed by atoms with Crippen LogP contribution >= 0.6 is 0 Å². The Morgan fingerprint density at radius 3 is 1.98 bits per heavy atom. The van der Waals surface area contributed by atoms with Crippen molar-refractivity contribution in [1.82, 2.24) is 10.2 Å². The molecule has 0 aromatic heterocycles. The molecule has 0 fully saturated rings. The van der Waals surface area contributed by atoms with Gasteiger partial charge < -0.3 is 24.4 Å². The summed E-state index contributed by atoms with van der Waals surface area (Å²) in [5.74, 6) is 0.406. The number of benzene rings is 3. The lowest BCUT2D eigenvalue weighted by molar-refractivity contribution is -0.140. The predicted molar refractivity (Wildman–Crippen MR) is 171 cm³/mol. The van der Waals surface area contributed by atoms with Gasteiger partial charge >= 0.3 is 0 Å². The van der Waals surface area contributed by atoms with Crippen LogP contribution in [0.25, 0.3) is 0 Å². The number of hydrogen-bond acceptors (Lipinski definition) is 7. The van der Waals surface area contributed by atoms with E-state index in [1.165, 1.54) is 37.3 Å². The lowest BCUT2D eigenvalue weighted by Gasteiger charge is -2.33. The van der Waals surface area contributed by atoms with Crippen LogP contribution in [0.2, 0.25) is 0 Å². The van der Waals surface area contributed by atoms with Crippen molar-refractivity contribution in [2.75, 3.05) is 32.2 Å². The molecule has 0 bridgehead atoms. The molecule has 3 aromatic carbocycles. The number of hydrogen-bond donors (Lipinski definition) is 1. The van der Waals surface area contributed by atoms with E-state index in [1.54, 1.807) is 31.4 Å². The molecule has 0 heterocycles. The maximum Gasteiger partial charge on any atom is 0.264 e. The molecule has 0 radical (unpaired) electrons. The minimum Gasteiger partial charge on any atom is -0.497 e. The fourth-order valence-electron chi connectivity index (χ4n) is 4.96. The molecular formula is C33H43N3O7S. The number of methoxy groups -OCH3 is 3. The van der Waals surface area contributed by atoms with E-state index in [0.717, 1.165) is 21.0 Å². The molecular weight excluding hydrogens is 582 g/mol. The van der Waals surface area contributed by atoms with E-state index in [9.17, 15) is 18.0 Å². The van der Waals surface area contributed by atoms with Gasteiger partial charge in [0.1, 0.15) is 18.3 Å². The van der Waals surface area contributed by atoms with Gasteiger partial charge in [-0.2, -0.15) is 0 Å². The predicted octanol–water partition coefficient (Wildman–Crippen LogP) is 4.86. The normalized spacial score (nSPS) is 11.9. The second kappa shape index (κ2) is 15.0. The first-order valence-electron chi connectivity index (χ1n) is 14.4. The number of carbonyl (C=O) groups excluding carboxylic acids is 2. The summed E-state index contributed by atoms with van der Waals surface area (Å²) in [5, 5.41) is 2.90. The van der Waals surface area contributed by atoms with E-state index in [4.69, 9.17) is 14.2 Å². The van der Waals surface area contributed by atoms with Gasteiger partial charge in [0, 0.05) is 18.7 Å². The highest BCUT2D eigenvalue weighted by atomic mass is 32.2. The summed E-state index contributed by atoms with van der Waals surface area (Å²) in [4.78, 5) is 29.0. The maximum absolute atomic E-state index is 14.3.